The number of rotatable bonds is 4. The lowest BCUT2D eigenvalue weighted by Crippen LogP contribution is -2.51. The van der Waals surface area contributed by atoms with E-state index in [0.29, 0.717) is 12.5 Å². The minimum atomic E-state index is 0. The Labute approximate surface area is 176 Å². The molecule has 0 atom stereocenters. The first kappa shape index (κ1) is 19.8. The first-order valence-electron chi connectivity index (χ1n) is 9.41. The van der Waals surface area contributed by atoms with Crippen molar-refractivity contribution in [3.63, 3.8) is 0 Å². The third-order valence-electron chi connectivity index (χ3n) is 5.04. The van der Waals surface area contributed by atoms with Crippen molar-refractivity contribution in [1.29, 1.82) is 0 Å². The largest absolute Gasteiger partial charge is 0.370 e. The van der Waals surface area contributed by atoms with E-state index >= 15 is 0 Å². The van der Waals surface area contributed by atoms with Gasteiger partial charge in [-0.2, -0.15) is 0 Å². The third kappa shape index (κ3) is 4.88. The van der Waals surface area contributed by atoms with Gasteiger partial charge in [-0.25, -0.2) is 15.0 Å². The molecule has 0 bridgehead atoms. The zero-order valence-corrected chi connectivity index (χ0v) is 17.8. The fourth-order valence-electron chi connectivity index (χ4n) is 3.57. The van der Waals surface area contributed by atoms with Crippen LogP contribution in [0.5, 0.6) is 0 Å². The Morgan fingerprint density at radius 1 is 1.07 bits per heavy atom. The number of anilines is 1. The molecule has 0 saturated carbocycles. The van der Waals surface area contributed by atoms with Crippen LogP contribution in [0.3, 0.4) is 0 Å². The SMILES string of the molecule is I.NC(=NCCc1cn2c(n1)CCCC2)N1CCN(c2ncccn2)CC1. The number of aryl methyl sites for hydroxylation is 2. The van der Waals surface area contributed by atoms with Crippen LogP contribution in [-0.2, 0) is 19.4 Å². The van der Waals surface area contributed by atoms with Crippen molar-refractivity contribution >= 4 is 35.9 Å². The number of fused-ring (bicyclic) bond motifs is 1. The normalized spacial score (nSPS) is 17.4. The smallest absolute Gasteiger partial charge is 0.225 e. The topological polar surface area (TPSA) is 88.5 Å². The number of nitrogens with two attached hydrogens (primary N) is 1. The Balaban J connectivity index is 0.00000210. The second-order valence-corrected chi connectivity index (χ2v) is 6.81. The summed E-state index contributed by atoms with van der Waals surface area (Å²) in [5.41, 5.74) is 7.32. The maximum Gasteiger partial charge on any atom is 0.225 e. The van der Waals surface area contributed by atoms with Crippen LogP contribution in [0, 0.1) is 0 Å². The third-order valence-corrected chi connectivity index (χ3v) is 5.04. The second kappa shape index (κ2) is 9.34. The number of nitrogens with zero attached hydrogens (tertiary/aromatic N) is 7. The summed E-state index contributed by atoms with van der Waals surface area (Å²) in [6, 6.07) is 1.83. The number of hydrogen-bond acceptors (Lipinski definition) is 5. The maximum atomic E-state index is 6.19. The molecule has 1 fully saturated rings. The summed E-state index contributed by atoms with van der Waals surface area (Å²) in [5.74, 6) is 2.64. The van der Waals surface area contributed by atoms with Crippen molar-refractivity contribution in [2.24, 2.45) is 10.7 Å². The molecule has 146 valence electrons. The highest BCUT2D eigenvalue weighted by Gasteiger charge is 2.20. The summed E-state index contributed by atoms with van der Waals surface area (Å²) < 4.78 is 2.29. The molecule has 4 rings (SSSR count). The van der Waals surface area contributed by atoms with Crippen molar-refractivity contribution in [2.75, 3.05) is 37.6 Å². The Hall–Kier alpha value is -1.91. The molecule has 0 spiro atoms. The summed E-state index contributed by atoms with van der Waals surface area (Å²) in [4.78, 5) is 22.2. The van der Waals surface area contributed by atoms with E-state index in [1.165, 1.54) is 18.7 Å². The monoisotopic (exact) mass is 482 g/mol. The highest BCUT2D eigenvalue weighted by Crippen LogP contribution is 2.15. The minimum Gasteiger partial charge on any atom is -0.370 e. The van der Waals surface area contributed by atoms with Crippen molar-refractivity contribution in [2.45, 2.75) is 32.2 Å². The Kier molecular flexibility index (Phi) is 6.86. The lowest BCUT2D eigenvalue weighted by atomic mass is 10.2. The van der Waals surface area contributed by atoms with Crippen molar-refractivity contribution < 1.29 is 0 Å². The molecule has 0 amide bonds. The fraction of sp³-hybridized carbons (Fsp3) is 0.556. The van der Waals surface area contributed by atoms with Crippen LogP contribution in [0.25, 0.3) is 0 Å². The summed E-state index contributed by atoms with van der Waals surface area (Å²) in [6.07, 6.45) is 10.2. The molecule has 0 aromatic carbocycles. The van der Waals surface area contributed by atoms with Crippen LogP contribution in [0.2, 0.25) is 0 Å². The van der Waals surface area contributed by atoms with Crippen LogP contribution < -0.4 is 10.6 Å². The van der Waals surface area contributed by atoms with Crippen LogP contribution >= 0.6 is 24.0 Å². The molecular weight excluding hydrogens is 455 g/mol. The number of imidazole rings is 1. The van der Waals surface area contributed by atoms with Crippen LogP contribution in [0.4, 0.5) is 5.95 Å². The van der Waals surface area contributed by atoms with Gasteiger partial charge in [-0.15, -0.1) is 24.0 Å². The van der Waals surface area contributed by atoms with E-state index in [1.54, 1.807) is 12.4 Å². The van der Waals surface area contributed by atoms with E-state index in [0.717, 1.165) is 57.2 Å². The van der Waals surface area contributed by atoms with Gasteiger partial charge in [0.25, 0.3) is 0 Å². The van der Waals surface area contributed by atoms with Crippen molar-refractivity contribution in [3.8, 4) is 0 Å². The number of halogens is 1. The lowest BCUT2D eigenvalue weighted by Gasteiger charge is -2.35. The summed E-state index contributed by atoms with van der Waals surface area (Å²) in [5, 5.41) is 0. The number of piperazine rings is 1. The van der Waals surface area contributed by atoms with Gasteiger partial charge in [-0.3, -0.25) is 4.99 Å². The van der Waals surface area contributed by atoms with E-state index in [4.69, 9.17) is 10.7 Å². The van der Waals surface area contributed by atoms with Gasteiger partial charge in [-0.05, 0) is 18.9 Å². The van der Waals surface area contributed by atoms with E-state index in [9.17, 15) is 0 Å². The average Bonchev–Trinajstić information content (AvgIpc) is 3.11. The fourth-order valence-corrected chi connectivity index (χ4v) is 3.57. The molecule has 1 saturated heterocycles. The number of hydrogen-bond donors (Lipinski definition) is 1. The molecule has 2 aromatic heterocycles. The molecule has 0 aliphatic carbocycles. The molecule has 2 N–H and O–H groups in total. The van der Waals surface area contributed by atoms with Gasteiger partial charge in [0, 0.05) is 70.7 Å². The molecule has 0 radical (unpaired) electrons. The predicted molar refractivity (Wildman–Crippen MR) is 117 cm³/mol. The molecule has 2 aliphatic heterocycles. The van der Waals surface area contributed by atoms with Crippen molar-refractivity contribution in [1.82, 2.24) is 24.4 Å². The first-order chi connectivity index (χ1) is 12.8. The highest BCUT2D eigenvalue weighted by molar-refractivity contribution is 14.0. The standard InChI is InChI=1S/C18H26N8.HI/c19-17(20-8-5-15-14-26-9-2-1-4-16(26)23-15)24-10-12-25(13-11-24)18-21-6-3-7-22-18;/h3,6-7,14H,1-2,4-5,8-13H2,(H2,19,20);1H. The molecule has 9 heteroatoms. The quantitative estimate of drug-likeness (QED) is 0.402. The zero-order valence-electron chi connectivity index (χ0n) is 15.5. The van der Waals surface area contributed by atoms with Crippen LogP contribution in [0.1, 0.15) is 24.4 Å². The van der Waals surface area contributed by atoms with Crippen LogP contribution in [0.15, 0.2) is 29.6 Å². The van der Waals surface area contributed by atoms with E-state index in [-0.39, 0.29) is 24.0 Å². The Morgan fingerprint density at radius 2 is 1.85 bits per heavy atom. The first-order valence-corrected chi connectivity index (χ1v) is 9.41. The molecule has 27 heavy (non-hydrogen) atoms. The molecule has 4 heterocycles. The van der Waals surface area contributed by atoms with Gasteiger partial charge < -0.3 is 20.1 Å². The Bertz CT molecular complexity index is 728. The summed E-state index contributed by atoms with van der Waals surface area (Å²) in [6.45, 7) is 5.17. The van der Waals surface area contributed by atoms with Gasteiger partial charge >= 0.3 is 0 Å². The Morgan fingerprint density at radius 3 is 2.59 bits per heavy atom. The second-order valence-electron chi connectivity index (χ2n) is 6.81. The molecule has 2 aliphatic rings. The summed E-state index contributed by atoms with van der Waals surface area (Å²) >= 11 is 0. The van der Waals surface area contributed by atoms with Gasteiger partial charge in [0.1, 0.15) is 5.82 Å². The molecular formula is C18H27IN8. The molecule has 8 nitrogen and oxygen atoms in total. The van der Waals surface area contributed by atoms with E-state index in [1.807, 2.05) is 6.07 Å². The maximum absolute atomic E-state index is 6.19. The number of aliphatic imine (C=N–C) groups is 1. The minimum absolute atomic E-state index is 0. The van der Waals surface area contributed by atoms with Gasteiger partial charge in [-0.1, -0.05) is 0 Å². The highest BCUT2D eigenvalue weighted by atomic mass is 127. The van der Waals surface area contributed by atoms with Crippen molar-refractivity contribution in [3.05, 3.63) is 36.2 Å². The molecule has 0 unspecified atom stereocenters. The van der Waals surface area contributed by atoms with Gasteiger partial charge in [0.2, 0.25) is 5.95 Å². The lowest BCUT2D eigenvalue weighted by molar-refractivity contribution is 0.378. The zero-order chi connectivity index (χ0) is 17.8. The van der Waals surface area contributed by atoms with Gasteiger partial charge in [0.05, 0.1) is 5.69 Å². The van der Waals surface area contributed by atoms with Gasteiger partial charge in [0.15, 0.2) is 5.96 Å². The summed E-state index contributed by atoms with van der Waals surface area (Å²) in [7, 11) is 0. The predicted octanol–water partition coefficient (Wildman–Crippen LogP) is 1.31. The van der Waals surface area contributed by atoms with Crippen LogP contribution in [-0.4, -0.2) is 63.1 Å². The number of guanidine groups is 1. The van der Waals surface area contributed by atoms with E-state index in [2.05, 4.69) is 35.5 Å². The number of aromatic nitrogens is 4. The molecule has 2 aromatic rings. The average molecular weight is 482 g/mol. The van der Waals surface area contributed by atoms with E-state index < -0.39 is 0 Å².